The minimum atomic E-state index is -5.02. The third-order valence-electron chi connectivity index (χ3n) is 5.88. The van der Waals surface area contributed by atoms with Crippen LogP contribution in [0.25, 0.3) is 0 Å². The number of allylic oxidation sites excluding steroid dienone is 1. The molecule has 7 heteroatoms. The molecule has 0 bridgehead atoms. The monoisotopic (exact) mass is 430 g/mol. The summed E-state index contributed by atoms with van der Waals surface area (Å²) in [7, 11) is 0. The summed E-state index contributed by atoms with van der Waals surface area (Å²) < 4.78 is 67.8. The van der Waals surface area contributed by atoms with Gasteiger partial charge in [0.1, 0.15) is 6.61 Å². The third-order valence-corrected chi connectivity index (χ3v) is 5.88. The third kappa shape index (κ3) is 7.10. The topological polar surface area (TPSA) is 27.7 Å². The van der Waals surface area contributed by atoms with Crippen molar-refractivity contribution in [1.29, 1.82) is 0 Å². The molecule has 168 valence electrons. The highest BCUT2D eigenvalue weighted by Gasteiger charge is 2.35. The Hall–Kier alpha value is -1.92. The van der Waals surface area contributed by atoms with Crippen LogP contribution in [0.3, 0.4) is 0 Å². The van der Waals surface area contributed by atoms with Crippen LogP contribution in [0.2, 0.25) is 0 Å². The van der Waals surface area contributed by atoms with E-state index >= 15 is 0 Å². The SMILES string of the molecule is Fc1c(OC/C=C/C2CCCC2)ccc(OCCCC2CCCC2)c1OC(F)(F)F. The summed E-state index contributed by atoms with van der Waals surface area (Å²) in [5.41, 5.74) is 0. The lowest BCUT2D eigenvalue weighted by Gasteiger charge is -2.17. The van der Waals surface area contributed by atoms with Gasteiger partial charge >= 0.3 is 6.36 Å². The number of halogens is 4. The number of hydrogen-bond acceptors (Lipinski definition) is 3. The predicted octanol–water partition coefficient (Wildman–Crippen LogP) is 7.20. The van der Waals surface area contributed by atoms with Crippen molar-refractivity contribution in [3.8, 4) is 17.2 Å². The van der Waals surface area contributed by atoms with E-state index in [0.717, 1.165) is 19.3 Å². The zero-order valence-corrected chi connectivity index (χ0v) is 17.2. The number of ether oxygens (including phenoxy) is 3. The van der Waals surface area contributed by atoms with Crippen molar-refractivity contribution >= 4 is 0 Å². The molecule has 1 aromatic rings. The van der Waals surface area contributed by atoms with E-state index in [-0.39, 0.29) is 24.7 Å². The van der Waals surface area contributed by atoms with E-state index in [1.165, 1.54) is 50.7 Å². The summed E-state index contributed by atoms with van der Waals surface area (Å²) >= 11 is 0. The Morgan fingerprint density at radius 1 is 0.933 bits per heavy atom. The molecule has 2 fully saturated rings. The van der Waals surface area contributed by atoms with Gasteiger partial charge in [-0.3, -0.25) is 0 Å². The Bertz CT molecular complexity index is 690. The maximum atomic E-state index is 14.7. The van der Waals surface area contributed by atoms with Crippen LogP contribution >= 0.6 is 0 Å². The molecule has 0 radical (unpaired) electrons. The molecule has 30 heavy (non-hydrogen) atoms. The predicted molar refractivity (Wildman–Crippen MR) is 106 cm³/mol. The summed E-state index contributed by atoms with van der Waals surface area (Å²) in [6.07, 6.45) is 9.97. The minimum absolute atomic E-state index is 0.0838. The Labute approximate surface area is 175 Å². The molecule has 0 aromatic heterocycles. The van der Waals surface area contributed by atoms with E-state index < -0.39 is 17.9 Å². The summed E-state index contributed by atoms with van der Waals surface area (Å²) in [6.45, 7) is 0.301. The van der Waals surface area contributed by atoms with Crippen LogP contribution in [0.1, 0.15) is 64.2 Å². The highest BCUT2D eigenvalue weighted by Crippen LogP contribution is 2.39. The van der Waals surface area contributed by atoms with Gasteiger partial charge in [-0.25, -0.2) is 0 Å². The van der Waals surface area contributed by atoms with Crippen molar-refractivity contribution in [2.75, 3.05) is 13.2 Å². The average Bonchev–Trinajstić information content (AvgIpc) is 3.39. The second-order valence-electron chi connectivity index (χ2n) is 8.18. The van der Waals surface area contributed by atoms with Crippen LogP contribution in [-0.2, 0) is 0 Å². The Morgan fingerprint density at radius 2 is 1.60 bits per heavy atom. The van der Waals surface area contributed by atoms with Crippen LogP contribution in [0.5, 0.6) is 17.2 Å². The second kappa shape index (κ2) is 10.9. The van der Waals surface area contributed by atoms with Gasteiger partial charge in [0, 0.05) is 0 Å². The van der Waals surface area contributed by atoms with Crippen LogP contribution in [0, 0.1) is 17.7 Å². The number of alkyl halides is 3. The molecule has 0 N–H and O–H groups in total. The maximum Gasteiger partial charge on any atom is 0.573 e. The number of hydrogen-bond donors (Lipinski definition) is 0. The van der Waals surface area contributed by atoms with E-state index in [4.69, 9.17) is 9.47 Å². The van der Waals surface area contributed by atoms with E-state index in [1.54, 1.807) is 6.08 Å². The first kappa shape index (κ1) is 22.8. The van der Waals surface area contributed by atoms with Crippen LogP contribution in [0.15, 0.2) is 24.3 Å². The zero-order valence-electron chi connectivity index (χ0n) is 17.2. The van der Waals surface area contributed by atoms with Gasteiger partial charge in [0.2, 0.25) is 11.6 Å². The molecular weight excluding hydrogens is 400 g/mol. The van der Waals surface area contributed by atoms with Gasteiger partial charge in [-0.2, -0.15) is 4.39 Å². The van der Waals surface area contributed by atoms with Gasteiger partial charge in [-0.1, -0.05) is 50.7 Å². The van der Waals surface area contributed by atoms with E-state index in [2.05, 4.69) is 4.74 Å². The fraction of sp³-hybridized carbons (Fsp3) is 0.652. The largest absolute Gasteiger partial charge is 0.573 e. The van der Waals surface area contributed by atoms with Gasteiger partial charge in [-0.05, 0) is 49.7 Å². The lowest BCUT2D eigenvalue weighted by atomic mass is 10.0. The van der Waals surface area contributed by atoms with Crippen molar-refractivity contribution in [3.05, 3.63) is 30.1 Å². The molecule has 0 heterocycles. The molecule has 2 aliphatic carbocycles. The summed E-state index contributed by atoms with van der Waals surface area (Å²) in [5.74, 6) is -1.56. The van der Waals surface area contributed by atoms with Crippen molar-refractivity contribution < 1.29 is 31.8 Å². The first-order chi connectivity index (χ1) is 14.4. The fourth-order valence-electron chi connectivity index (χ4n) is 4.35. The Balaban J connectivity index is 1.59. The lowest BCUT2D eigenvalue weighted by molar-refractivity contribution is -0.276. The van der Waals surface area contributed by atoms with Gasteiger partial charge in [0.05, 0.1) is 6.61 Å². The fourth-order valence-corrected chi connectivity index (χ4v) is 4.35. The molecule has 0 saturated heterocycles. The summed E-state index contributed by atoms with van der Waals surface area (Å²) in [4.78, 5) is 0. The molecule has 2 saturated carbocycles. The van der Waals surface area contributed by atoms with E-state index in [9.17, 15) is 17.6 Å². The standard InChI is InChI=1S/C23H30F4O3/c24-21-19(28-15-5-11-17-7-1-2-8-17)13-14-20(22(21)30-23(25,26)27)29-16-6-12-18-9-3-4-10-18/h5,11,13-14,17-18H,1-4,6-10,12,15-16H2/b11-5+. The molecule has 0 amide bonds. The van der Waals surface area contributed by atoms with E-state index in [0.29, 0.717) is 18.3 Å². The minimum Gasteiger partial charge on any atom is -0.490 e. The molecule has 0 unspecified atom stereocenters. The normalized spacial score (nSPS) is 18.4. The van der Waals surface area contributed by atoms with Crippen molar-refractivity contribution in [1.82, 2.24) is 0 Å². The molecule has 2 aliphatic rings. The summed E-state index contributed by atoms with van der Waals surface area (Å²) in [6, 6.07) is 2.56. The van der Waals surface area contributed by atoms with Gasteiger partial charge in [0.25, 0.3) is 0 Å². The highest BCUT2D eigenvalue weighted by atomic mass is 19.4. The smallest absolute Gasteiger partial charge is 0.490 e. The number of rotatable bonds is 10. The van der Waals surface area contributed by atoms with Crippen molar-refractivity contribution in [2.45, 2.75) is 70.6 Å². The highest BCUT2D eigenvalue weighted by molar-refractivity contribution is 5.47. The van der Waals surface area contributed by atoms with Crippen molar-refractivity contribution in [3.63, 3.8) is 0 Å². The van der Waals surface area contributed by atoms with Crippen LogP contribution in [0.4, 0.5) is 17.6 Å². The Kier molecular flexibility index (Phi) is 8.28. The molecular formula is C23H30F4O3. The molecule has 0 aliphatic heterocycles. The Morgan fingerprint density at radius 3 is 2.30 bits per heavy atom. The van der Waals surface area contributed by atoms with Gasteiger partial charge < -0.3 is 14.2 Å². The molecule has 0 atom stereocenters. The lowest BCUT2D eigenvalue weighted by Crippen LogP contribution is -2.19. The van der Waals surface area contributed by atoms with Crippen molar-refractivity contribution in [2.24, 2.45) is 11.8 Å². The average molecular weight is 430 g/mol. The molecule has 0 spiro atoms. The molecule has 3 rings (SSSR count). The van der Waals surface area contributed by atoms with E-state index in [1.807, 2.05) is 6.08 Å². The molecule has 3 nitrogen and oxygen atoms in total. The zero-order chi connectivity index (χ0) is 21.4. The summed E-state index contributed by atoms with van der Waals surface area (Å²) in [5, 5.41) is 0. The van der Waals surface area contributed by atoms with Gasteiger partial charge in [0.15, 0.2) is 11.5 Å². The van der Waals surface area contributed by atoms with Crippen LogP contribution in [-0.4, -0.2) is 19.6 Å². The second-order valence-corrected chi connectivity index (χ2v) is 8.18. The first-order valence-electron chi connectivity index (χ1n) is 10.9. The quantitative estimate of drug-likeness (QED) is 0.223. The first-order valence-corrected chi connectivity index (χ1v) is 10.9. The number of benzene rings is 1. The van der Waals surface area contributed by atoms with Crippen LogP contribution < -0.4 is 14.2 Å². The van der Waals surface area contributed by atoms with Gasteiger partial charge in [-0.15, -0.1) is 13.2 Å². The molecule has 1 aromatic carbocycles. The maximum absolute atomic E-state index is 14.7.